The summed E-state index contributed by atoms with van der Waals surface area (Å²) in [5.41, 5.74) is 1.40. The zero-order valence-corrected chi connectivity index (χ0v) is 15.2. The number of likely N-dealkylation sites (N-methyl/N-ethyl adjacent to an activating group) is 1. The summed E-state index contributed by atoms with van der Waals surface area (Å²) in [6, 6.07) is 7.45. The molecule has 8 heteroatoms. The molecule has 0 atom stereocenters. The Morgan fingerprint density at radius 2 is 2.00 bits per heavy atom. The van der Waals surface area contributed by atoms with Crippen molar-refractivity contribution in [3.05, 3.63) is 46.6 Å². The molecule has 0 saturated heterocycles. The molecule has 1 N–H and O–H groups in total. The molecule has 0 fully saturated rings. The number of methoxy groups -OCH3 is 1. The van der Waals surface area contributed by atoms with Crippen LogP contribution in [0.5, 0.6) is 5.88 Å². The molecule has 0 aliphatic heterocycles. The fourth-order valence-electron chi connectivity index (χ4n) is 2.31. The van der Waals surface area contributed by atoms with Crippen LogP contribution in [0.1, 0.15) is 15.9 Å². The molecule has 0 unspecified atom stereocenters. The molecule has 25 heavy (non-hydrogen) atoms. The zero-order valence-electron chi connectivity index (χ0n) is 14.5. The summed E-state index contributed by atoms with van der Waals surface area (Å²) in [5, 5.41) is 7.52. The van der Waals surface area contributed by atoms with Gasteiger partial charge >= 0.3 is 0 Å². The van der Waals surface area contributed by atoms with E-state index in [1.165, 1.54) is 16.7 Å². The number of hydrogen-bond donors (Lipinski definition) is 1. The molecule has 0 aliphatic carbocycles. The number of hydrogen-bond acceptors (Lipinski definition) is 4. The Labute approximate surface area is 151 Å². The van der Waals surface area contributed by atoms with Crippen LogP contribution >= 0.6 is 11.6 Å². The predicted molar refractivity (Wildman–Crippen MR) is 94.9 cm³/mol. The van der Waals surface area contributed by atoms with Gasteiger partial charge in [-0.15, -0.1) is 5.10 Å². The average Bonchev–Trinajstić information content (AvgIpc) is 2.96. The van der Waals surface area contributed by atoms with E-state index >= 15 is 0 Å². The molecule has 0 aliphatic rings. The summed E-state index contributed by atoms with van der Waals surface area (Å²) in [6.07, 6.45) is 2.26. The van der Waals surface area contributed by atoms with Crippen molar-refractivity contribution in [2.24, 2.45) is 7.05 Å². The SMILES string of the molecule is COc1nn(C)cc1C(=O)N(C)CC(=O)NCCc1ccc(Cl)cc1. The molecule has 0 bridgehead atoms. The van der Waals surface area contributed by atoms with Crippen molar-refractivity contribution in [1.82, 2.24) is 20.0 Å². The van der Waals surface area contributed by atoms with Gasteiger partial charge in [-0.25, -0.2) is 0 Å². The second kappa shape index (κ2) is 8.53. The van der Waals surface area contributed by atoms with Crippen molar-refractivity contribution in [3.8, 4) is 5.88 Å². The molecule has 2 amide bonds. The van der Waals surface area contributed by atoms with E-state index in [1.807, 2.05) is 24.3 Å². The number of ether oxygens (including phenoxy) is 1. The van der Waals surface area contributed by atoms with Gasteiger partial charge in [-0.05, 0) is 24.1 Å². The van der Waals surface area contributed by atoms with Gasteiger partial charge in [0.05, 0.1) is 13.7 Å². The van der Waals surface area contributed by atoms with Crippen molar-refractivity contribution < 1.29 is 14.3 Å². The first-order valence-corrected chi connectivity index (χ1v) is 8.12. The Morgan fingerprint density at radius 1 is 1.32 bits per heavy atom. The molecule has 1 heterocycles. The number of carbonyl (C=O) groups is 2. The van der Waals surface area contributed by atoms with Gasteiger partial charge in [0.25, 0.3) is 5.91 Å². The van der Waals surface area contributed by atoms with Crippen LogP contribution in [0.15, 0.2) is 30.5 Å². The van der Waals surface area contributed by atoms with E-state index < -0.39 is 0 Å². The van der Waals surface area contributed by atoms with Crippen LogP contribution in [-0.2, 0) is 18.3 Å². The number of aromatic nitrogens is 2. The first-order valence-electron chi connectivity index (χ1n) is 7.75. The summed E-state index contributed by atoms with van der Waals surface area (Å²) in [7, 11) is 4.71. The van der Waals surface area contributed by atoms with Crippen LogP contribution in [0.4, 0.5) is 0 Å². The minimum Gasteiger partial charge on any atom is -0.479 e. The number of nitrogens with one attached hydrogen (secondary N) is 1. The van der Waals surface area contributed by atoms with Gasteiger partial charge in [0, 0.05) is 31.9 Å². The number of rotatable bonds is 7. The average molecular weight is 365 g/mol. The third-order valence-electron chi connectivity index (χ3n) is 3.60. The van der Waals surface area contributed by atoms with E-state index in [2.05, 4.69) is 10.4 Å². The number of amides is 2. The molecule has 1 aromatic heterocycles. The Kier molecular flexibility index (Phi) is 6.41. The predicted octanol–water partition coefficient (Wildman–Crippen LogP) is 1.51. The molecule has 0 radical (unpaired) electrons. The van der Waals surface area contributed by atoms with Crippen LogP contribution in [0, 0.1) is 0 Å². The summed E-state index contributed by atoms with van der Waals surface area (Å²) in [5.74, 6) is -0.312. The van der Waals surface area contributed by atoms with Crippen molar-refractivity contribution >= 4 is 23.4 Å². The zero-order chi connectivity index (χ0) is 18.4. The fourth-order valence-corrected chi connectivity index (χ4v) is 2.44. The Bertz CT molecular complexity index is 743. The summed E-state index contributed by atoms with van der Waals surface area (Å²) >= 11 is 5.83. The molecule has 2 aromatic rings. The standard InChI is InChI=1S/C17H21ClN4O3/c1-21(17(24)14-10-22(2)20-16(14)25-3)11-15(23)19-9-8-12-4-6-13(18)7-5-12/h4-7,10H,8-9,11H2,1-3H3,(H,19,23). The molecule has 134 valence electrons. The highest BCUT2D eigenvalue weighted by Gasteiger charge is 2.21. The maximum Gasteiger partial charge on any atom is 0.261 e. The summed E-state index contributed by atoms with van der Waals surface area (Å²) < 4.78 is 6.57. The Morgan fingerprint density at radius 3 is 2.64 bits per heavy atom. The maximum atomic E-state index is 12.4. The number of nitrogens with zero attached hydrogens (tertiary/aromatic N) is 3. The number of halogens is 1. The number of carbonyl (C=O) groups excluding carboxylic acids is 2. The smallest absolute Gasteiger partial charge is 0.261 e. The van der Waals surface area contributed by atoms with E-state index in [0.717, 1.165) is 5.56 Å². The van der Waals surface area contributed by atoms with Crippen molar-refractivity contribution in [2.45, 2.75) is 6.42 Å². The number of aryl methyl sites for hydroxylation is 1. The summed E-state index contributed by atoms with van der Waals surface area (Å²) in [4.78, 5) is 25.7. The van der Waals surface area contributed by atoms with Crippen molar-refractivity contribution in [2.75, 3.05) is 27.2 Å². The Balaban J connectivity index is 1.82. The van der Waals surface area contributed by atoms with Gasteiger partial charge in [0.2, 0.25) is 11.8 Å². The maximum absolute atomic E-state index is 12.4. The van der Waals surface area contributed by atoms with Crippen molar-refractivity contribution in [1.29, 1.82) is 0 Å². The third-order valence-corrected chi connectivity index (χ3v) is 3.85. The van der Waals surface area contributed by atoms with Gasteiger partial charge in [0.15, 0.2) is 0 Å². The third kappa shape index (κ3) is 5.22. The second-order valence-corrected chi connectivity index (χ2v) is 6.05. The molecule has 7 nitrogen and oxygen atoms in total. The molecule has 1 aromatic carbocycles. The number of benzene rings is 1. The van der Waals surface area contributed by atoms with Gasteiger partial charge in [-0.2, -0.15) is 0 Å². The topological polar surface area (TPSA) is 76.5 Å². The van der Waals surface area contributed by atoms with E-state index in [-0.39, 0.29) is 24.2 Å². The van der Waals surface area contributed by atoms with Crippen LogP contribution in [0.25, 0.3) is 0 Å². The lowest BCUT2D eigenvalue weighted by molar-refractivity contribution is -0.121. The highest BCUT2D eigenvalue weighted by molar-refractivity contribution is 6.30. The van der Waals surface area contributed by atoms with Gasteiger partial charge < -0.3 is 15.0 Å². The highest BCUT2D eigenvalue weighted by atomic mass is 35.5. The molecule has 0 saturated carbocycles. The first-order chi connectivity index (χ1) is 11.9. The van der Waals surface area contributed by atoms with Crippen LogP contribution < -0.4 is 10.1 Å². The Hall–Kier alpha value is -2.54. The van der Waals surface area contributed by atoms with Crippen LogP contribution in [-0.4, -0.2) is 53.7 Å². The van der Waals surface area contributed by atoms with Crippen LogP contribution in [0.2, 0.25) is 5.02 Å². The molecular weight excluding hydrogens is 344 g/mol. The molecule has 2 rings (SSSR count). The summed E-state index contributed by atoms with van der Waals surface area (Å²) in [6.45, 7) is 0.441. The monoisotopic (exact) mass is 364 g/mol. The largest absolute Gasteiger partial charge is 0.479 e. The minimum absolute atomic E-state index is 0.0441. The quantitative estimate of drug-likeness (QED) is 0.808. The minimum atomic E-state index is -0.321. The van der Waals surface area contributed by atoms with Crippen molar-refractivity contribution in [3.63, 3.8) is 0 Å². The highest BCUT2D eigenvalue weighted by Crippen LogP contribution is 2.16. The van der Waals surface area contributed by atoms with Crippen LogP contribution in [0.3, 0.4) is 0 Å². The normalized spacial score (nSPS) is 10.4. The van der Waals surface area contributed by atoms with Gasteiger partial charge in [0.1, 0.15) is 5.56 Å². The van der Waals surface area contributed by atoms with E-state index in [4.69, 9.17) is 16.3 Å². The lowest BCUT2D eigenvalue weighted by Gasteiger charge is -2.16. The lowest BCUT2D eigenvalue weighted by Crippen LogP contribution is -2.39. The van der Waals surface area contributed by atoms with E-state index in [9.17, 15) is 9.59 Å². The molecular formula is C17H21ClN4O3. The lowest BCUT2D eigenvalue weighted by atomic mass is 10.1. The van der Waals surface area contributed by atoms with E-state index in [0.29, 0.717) is 23.6 Å². The second-order valence-electron chi connectivity index (χ2n) is 5.61. The van der Waals surface area contributed by atoms with Gasteiger partial charge in [-0.3, -0.25) is 14.3 Å². The van der Waals surface area contributed by atoms with Gasteiger partial charge in [-0.1, -0.05) is 23.7 Å². The molecule has 0 spiro atoms. The van der Waals surface area contributed by atoms with E-state index in [1.54, 1.807) is 20.3 Å². The fraction of sp³-hybridized carbons (Fsp3) is 0.353. The first kappa shape index (κ1) is 18.8.